The highest BCUT2D eigenvalue weighted by molar-refractivity contribution is 7.89. The summed E-state index contributed by atoms with van der Waals surface area (Å²) < 4.78 is 28.8. The van der Waals surface area contributed by atoms with Crippen LogP contribution < -0.4 is 4.72 Å². The molecule has 0 aromatic carbocycles. The number of hydrogen-bond donors (Lipinski definition) is 3. The van der Waals surface area contributed by atoms with Crippen molar-refractivity contribution in [3.8, 4) is 0 Å². The number of aliphatic hydroxyl groups is 1. The molecule has 1 heterocycles. The van der Waals surface area contributed by atoms with Crippen molar-refractivity contribution < 1.29 is 23.4 Å². The van der Waals surface area contributed by atoms with Crippen LogP contribution in [0, 0.1) is 0 Å². The standard InChI is InChI=1S/C13H20N2O5S/c1-2-15-8-10(7-11(15)12(17)18)21(19,20)14-13(9-16)5-3-4-6-13/h7-8,14,16H,2-6,9H2,1H3,(H,17,18). The molecule has 1 saturated carbocycles. The molecule has 0 spiro atoms. The maximum Gasteiger partial charge on any atom is 0.352 e. The van der Waals surface area contributed by atoms with Crippen LogP contribution in [-0.2, 0) is 16.6 Å². The van der Waals surface area contributed by atoms with E-state index >= 15 is 0 Å². The Hall–Kier alpha value is -1.38. The molecule has 1 fully saturated rings. The summed E-state index contributed by atoms with van der Waals surface area (Å²) in [5.74, 6) is -1.17. The molecule has 1 aromatic rings. The largest absolute Gasteiger partial charge is 0.477 e. The first kappa shape index (κ1) is 16.0. The van der Waals surface area contributed by atoms with Gasteiger partial charge in [-0.05, 0) is 25.8 Å². The SMILES string of the molecule is CCn1cc(S(=O)(=O)NC2(CO)CCCC2)cc1C(=O)O. The monoisotopic (exact) mass is 316 g/mol. The van der Waals surface area contributed by atoms with Gasteiger partial charge in [-0.3, -0.25) is 0 Å². The van der Waals surface area contributed by atoms with Crippen LogP contribution in [0.25, 0.3) is 0 Å². The number of nitrogens with one attached hydrogen (secondary N) is 1. The minimum Gasteiger partial charge on any atom is -0.477 e. The summed E-state index contributed by atoms with van der Waals surface area (Å²) in [6.45, 7) is 1.84. The Balaban J connectivity index is 2.33. The van der Waals surface area contributed by atoms with E-state index in [0.717, 1.165) is 18.9 Å². The van der Waals surface area contributed by atoms with Crippen molar-refractivity contribution in [1.29, 1.82) is 0 Å². The Kier molecular flexibility index (Phi) is 4.40. The first-order valence-electron chi connectivity index (χ1n) is 6.92. The topological polar surface area (TPSA) is 109 Å². The Bertz CT molecular complexity index is 629. The number of carboxylic acids is 1. The Labute approximate surface area is 123 Å². The Morgan fingerprint density at radius 1 is 1.43 bits per heavy atom. The van der Waals surface area contributed by atoms with Crippen LogP contribution in [0.2, 0.25) is 0 Å². The predicted molar refractivity (Wildman–Crippen MR) is 75.7 cm³/mol. The number of aromatic nitrogens is 1. The zero-order valence-electron chi connectivity index (χ0n) is 11.9. The third-order valence-corrected chi connectivity index (χ3v) is 5.50. The molecule has 7 nitrogen and oxygen atoms in total. The second-order valence-electron chi connectivity index (χ2n) is 5.40. The van der Waals surface area contributed by atoms with E-state index in [1.807, 2.05) is 0 Å². The molecule has 3 N–H and O–H groups in total. The minimum absolute atomic E-state index is 0.0673. The Morgan fingerprint density at radius 3 is 2.48 bits per heavy atom. The van der Waals surface area contributed by atoms with Crippen molar-refractivity contribution in [3.63, 3.8) is 0 Å². The van der Waals surface area contributed by atoms with Crippen LogP contribution in [-0.4, -0.2) is 41.3 Å². The van der Waals surface area contributed by atoms with Crippen molar-refractivity contribution in [2.75, 3.05) is 6.61 Å². The van der Waals surface area contributed by atoms with E-state index in [4.69, 9.17) is 5.11 Å². The summed E-state index contributed by atoms with van der Waals surface area (Å²) in [7, 11) is -3.85. The highest BCUT2D eigenvalue weighted by Gasteiger charge is 2.38. The lowest BCUT2D eigenvalue weighted by atomic mass is 10.0. The molecule has 21 heavy (non-hydrogen) atoms. The van der Waals surface area contributed by atoms with Gasteiger partial charge in [-0.15, -0.1) is 0 Å². The van der Waals surface area contributed by atoms with E-state index in [1.165, 1.54) is 10.8 Å². The van der Waals surface area contributed by atoms with Crippen molar-refractivity contribution >= 4 is 16.0 Å². The molecule has 1 aliphatic rings. The molecular weight excluding hydrogens is 296 g/mol. The highest BCUT2D eigenvalue weighted by Crippen LogP contribution is 2.31. The number of hydrogen-bond acceptors (Lipinski definition) is 4. The summed E-state index contributed by atoms with van der Waals surface area (Å²) in [4.78, 5) is 11.0. The van der Waals surface area contributed by atoms with E-state index in [2.05, 4.69) is 4.72 Å². The Morgan fingerprint density at radius 2 is 2.05 bits per heavy atom. The average Bonchev–Trinajstić information content (AvgIpc) is 3.05. The number of aromatic carboxylic acids is 1. The van der Waals surface area contributed by atoms with Gasteiger partial charge in [-0.1, -0.05) is 12.8 Å². The average molecular weight is 316 g/mol. The summed E-state index contributed by atoms with van der Waals surface area (Å²) in [5, 5.41) is 18.6. The van der Waals surface area contributed by atoms with E-state index in [9.17, 15) is 18.3 Å². The fourth-order valence-electron chi connectivity index (χ4n) is 2.76. The highest BCUT2D eigenvalue weighted by atomic mass is 32.2. The number of aliphatic hydroxyl groups excluding tert-OH is 1. The first-order chi connectivity index (χ1) is 9.83. The molecule has 0 radical (unpaired) electrons. The van der Waals surface area contributed by atoms with E-state index < -0.39 is 21.5 Å². The van der Waals surface area contributed by atoms with E-state index in [0.29, 0.717) is 19.4 Å². The molecule has 8 heteroatoms. The van der Waals surface area contributed by atoms with Crippen LogP contribution in [0.1, 0.15) is 43.1 Å². The van der Waals surface area contributed by atoms with Gasteiger partial charge in [-0.25, -0.2) is 17.9 Å². The van der Waals surface area contributed by atoms with Crippen molar-refractivity contribution in [2.24, 2.45) is 0 Å². The number of carboxylic acid groups (broad SMARTS) is 1. The zero-order chi connectivity index (χ0) is 15.7. The minimum atomic E-state index is -3.85. The summed E-state index contributed by atoms with van der Waals surface area (Å²) in [6, 6.07) is 1.15. The number of nitrogens with zero attached hydrogens (tertiary/aromatic N) is 1. The number of sulfonamides is 1. The molecule has 0 atom stereocenters. The van der Waals surface area contributed by atoms with Crippen LogP contribution >= 0.6 is 0 Å². The van der Waals surface area contributed by atoms with Gasteiger partial charge < -0.3 is 14.8 Å². The van der Waals surface area contributed by atoms with E-state index in [1.54, 1.807) is 6.92 Å². The van der Waals surface area contributed by atoms with Crippen molar-refractivity contribution in [3.05, 3.63) is 18.0 Å². The normalized spacial score (nSPS) is 18.0. The quantitative estimate of drug-likeness (QED) is 0.719. The van der Waals surface area contributed by atoms with Crippen molar-refractivity contribution in [1.82, 2.24) is 9.29 Å². The van der Waals surface area contributed by atoms with E-state index in [-0.39, 0.29) is 17.2 Å². The number of carbonyl (C=O) groups is 1. The molecular formula is C13H20N2O5S. The second-order valence-corrected chi connectivity index (χ2v) is 7.09. The maximum absolute atomic E-state index is 12.4. The van der Waals surface area contributed by atoms with Crippen LogP contribution in [0.3, 0.4) is 0 Å². The van der Waals surface area contributed by atoms with Crippen LogP contribution in [0.5, 0.6) is 0 Å². The van der Waals surface area contributed by atoms with Gasteiger partial charge in [0.25, 0.3) is 0 Å². The molecule has 1 aliphatic carbocycles. The van der Waals surface area contributed by atoms with Gasteiger partial charge >= 0.3 is 5.97 Å². The van der Waals surface area contributed by atoms with Gasteiger partial charge in [0.1, 0.15) is 10.6 Å². The van der Waals surface area contributed by atoms with Gasteiger partial charge in [0.05, 0.1) is 12.1 Å². The molecule has 0 bridgehead atoms. The number of rotatable bonds is 6. The smallest absolute Gasteiger partial charge is 0.352 e. The second kappa shape index (κ2) is 5.78. The molecule has 0 saturated heterocycles. The van der Waals surface area contributed by atoms with Crippen molar-refractivity contribution in [2.45, 2.75) is 49.6 Å². The summed E-state index contributed by atoms with van der Waals surface area (Å²) in [5.41, 5.74) is -0.890. The molecule has 1 aromatic heterocycles. The summed E-state index contributed by atoms with van der Waals surface area (Å²) >= 11 is 0. The molecule has 2 rings (SSSR count). The number of aryl methyl sites for hydroxylation is 1. The third kappa shape index (κ3) is 3.12. The molecule has 0 amide bonds. The molecule has 0 unspecified atom stereocenters. The van der Waals surface area contributed by atoms with Gasteiger partial charge in [-0.2, -0.15) is 0 Å². The van der Waals surface area contributed by atoms with Gasteiger partial charge in [0.2, 0.25) is 10.0 Å². The molecule has 118 valence electrons. The lowest BCUT2D eigenvalue weighted by Gasteiger charge is -2.27. The first-order valence-corrected chi connectivity index (χ1v) is 8.40. The lowest BCUT2D eigenvalue weighted by Crippen LogP contribution is -2.48. The summed E-state index contributed by atoms with van der Waals surface area (Å²) in [6.07, 6.45) is 4.21. The lowest BCUT2D eigenvalue weighted by molar-refractivity contribution is 0.0685. The zero-order valence-corrected chi connectivity index (χ0v) is 12.7. The van der Waals surface area contributed by atoms with Gasteiger partial charge in [0.15, 0.2) is 0 Å². The predicted octanol–water partition coefficient (Wildman–Crippen LogP) is 0.790. The van der Waals surface area contributed by atoms with Gasteiger partial charge in [0, 0.05) is 12.7 Å². The fraction of sp³-hybridized carbons (Fsp3) is 0.615. The van der Waals surface area contributed by atoms with Crippen LogP contribution in [0.4, 0.5) is 0 Å². The molecule has 0 aliphatic heterocycles. The third-order valence-electron chi connectivity index (χ3n) is 3.96. The maximum atomic E-state index is 12.4. The fourth-order valence-corrected chi connectivity index (χ4v) is 4.25. The van der Waals surface area contributed by atoms with Crippen LogP contribution in [0.15, 0.2) is 17.2 Å².